The molecule has 19 heavy (non-hydrogen) atoms. The van der Waals surface area contributed by atoms with Gasteiger partial charge in [-0.3, -0.25) is 4.90 Å². The van der Waals surface area contributed by atoms with E-state index in [1.165, 1.54) is 32.4 Å². The van der Waals surface area contributed by atoms with Crippen LogP contribution in [0, 0.1) is 29.6 Å². The number of likely N-dealkylation sites (tertiary alicyclic amines) is 1. The van der Waals surface area contributed by atoms with Gasteiger partial charge in [0.15, 0.2) is 0 Å². The van der Waals surface area contributed by atoms with Crippen LogP contribution >= 0.6 is 0 Å². The smallest absolute Gasteiger partial charge is 0.0152 e. The van der Waals surface area contributed by atoms with Crippen LogP contribution < -0.4 is 5.73 Å². The highest BCUT2D eigenvalue weighted by molar-refractivity contribution is 5.03. The lowest BCUT2D eigenvalue weighted by molar-refractivity contribution is -0.0593. The van der Waals surface area contributed by atoms with Crippen molar-refractivity contribution in [1.82, 2.24) is 4.90 Å². The van der Waals surface area contributed by atoms with Crippen LogP contribution in [0.1, 0.15) is 51.4 Å². The topological polar surface area (TPSA) is 29.3 Å². The summed E-state index contributed by atoms with van der Waals surface area (Å²) in [4.78, 5) is 2.91. The molecule has 4 bridgehead atoms. The van der Waals surface area contributed by atoms with Gasteiger partial charge >= 0.3 is 0 Å². The molecule has 0 aromatic carbocycles. The third-order valence-electron chi connectivity index (χ3n) is 6.73. The molecule has 1 aliphatic heterocycles. The summed E-state index contributed by atoms with van der Waals surface area (Å²) in [6, 6.07) is 0.982. The third-order valence-corrected chi connectivity index (χ3v) is 6.73. The summed E-state index contributed by atoms with van der Waals surface area (Å²) >= 11 is 0. The average molecular weight is 262 g/mol. The largest absolute Gasteiger partial charge is 0.330 e. The molecule has 2 N–H and O–H groups in total. The van der Waals surface area contributed by atoms with Crippen LogP contribution in [0.2, 0.25) is 0 Å². The molecule has 1 heterocycles. The minimum absolute atomic E-state index is 0.883. The van der Waals surface area contributed by atoms with Gasteiger partial charge in [-0.25, -0.2) is 0 Å². The van der Waals surface area contributed by atoms with E-state index < -0.39 is 0 Å². The van der Waals surface area contributed by atoms with Crippen LogP contribution in [0.5, 0.6) is 0 Å². The fraction of sp³-hybridized carbons (Fsp3) is 1.00. The van der Waals surface area contributed by atoms with E-state index in [-0.39, 0.29) is 0 Å². The van der Waals surface area contributed by atoms with Gasteiger partial charge in [0.2, 0.25) is 0 Å². The van der Waals surface area contributed by atoms with Crippen molar-refractivity contribution in [2.75, 3.05) is 19.6 Å². The zero-order valence-electron chi connectivity index (χ0n) is 12.3. The zero-order valence-corrected chi connectivity index (χ0v) is 12.3. The standard InChI is InChI=1S/C17H30N2/c18-4-1-2-12-3-5-19(11-12)17-15-7-13-6-14(9-15)10-16(17)8-13/h12-17H,1-11,18H2. The molecule has 4 saturated carbocycles. The summed E-state index contributed by atoms with van der Waals surface area (Å²) in [6.07, 6.45) is 11.9. The van der Waals surface area contributed by atoms with Crippen LogP contribution in [-0.2, 0) is 0 Å². The van der Waals surface area contributed by atoms with Crippen molar-refractivity contribution in [3.63, 3.8) is 0 Å². The van der Waals surface area contributed by atoms with Gasteiger partial charge in [0.25, 0.3) is 0 Å². The zero-order chi connectivity index (χ0) is 12.8. The van der Waals surface area contributed by atoms with E-state index in [2.05, 4.69) is 4.90 Å². The molecule has 1 saturated heterocycles. The summed E-state index contributed by atoms with van der Waals surface area (Å²) in [5.74, 6) is 5.35. The molecule has 0 aromatic heterocycles. The summed E-state index contributed by atoms with van der Waals surface area (Å²) in [5.41, 5.74) is 5.67. The van der Waals surface area contributed by atoms with Crippen molar-refractivity contribution in [1.29, 1.82) is 0 Å². The Labute approximate surface area is 118 Å². The molecule has 5 rings (SSSR count). The molecule has 108 valence electrons. The fourth-order valence-corrected chi connectivity index (χ4v) is 6.27. The summed E-state index contributed by atoms with van der Waals surface area (Å²) in [6.45, 7) is 3.67. The van der Waals surface area contributed by atoms with Crippen molar-refractivity contribution in [2.24, 2.45) is 35.3 Å². The number of nitrogens with two attached hydrogens (primary N) is 1. The van der Waals surface area contributed by atoms with Gasteiger partial charge in [-0.15, -0.1) is 0 Å². The van der Waals surface area contributed by atoms with Crippen LogP contribution in [0.3, 0.4) is 0 Å². The summed E-state index contributed by atoms with van der Waals surface area (Å²) in [7, 11) is 0. The second kappa shape index (κ2) is 5.04. The second-order valence-corrected chi connectivity index (χ2v) is 8.00. The van der Waals surface area contributed by atoms with E-state index in [1.54, 1.807) is 32.1 Å². The molecule has 5 fully saturated rings. The molecular formula is C17H30N2. The minimum atomic E-state index is 0.883. The van der Waals surface area contributed by atoms with Crippen molar-refractivity contribution in [3.05, 3.63) is 0 Å². The van der Waals surface area contributed by atoms with Gasteiger partial charge in [-0.2, -0.15) is 0 Å². The molecule has 4 aliphatic carbocycles. The first kappa shape index (κ1) is 12.6. The third kappa shape index (κ3) is 2.25. The van der Waals surface area contributed by atoms with Gasteiger partial charge in [-0.05, 0) is 94.0 Å². The highest BCUT2D eigenvalue weighted by Gasteiger charge is 2.50. The molecule has 0 aromatic rings. The van der Waals surface area contributed by atoms with Gasteiger partial charge in [0, 0.05) is 12.6 Å². The first-order valence-electron chi connectivity index (χ1n) is 8.77. The van der Waals surface area contributed by atoms with Gasteiger partial charge in [0.05, 0.1) is 0 Å². The average Bonchev–Trinajstić information content (AvgIpc) is 2.83. The first-order chi connectivity index (χ1) is 9.33. The molecule has 2 heteroatoms. The second-order valence-electron chi connectivity index (χ2n) is 8.00. The SMILES string of the molecule is NCCCC1CCN(C2C3CC4CC(C3)CC2C4)C1. The van der Waals surface area contributed by atoms with Crippen LogP contribution in [0.25, 0.3) is 0 Å². The predicted octanol–water partition coefficient (Wildman–Crippen LogP) is 2.87. The van der Waals surface area contributed by atoms with Crippen LogP contribution in [-0.4, -0.2) is 30.6 Å². The Morgan fingerprint density at radius 3 is 2.26 bits per heavy atom. The van der Waals surface area contributed by atoms with E-state index in [9.17, 15) is 0 Å². The highest BCUT2D eigenvalue weighted by atomic mass is 15.2. The number of hydrogen-bond acceptors (Lipinski definition) is 2. The van der Waals surface area contributed by atoms with E-state index in [0.717, 1.165) is 42.2 Å². The molecule has 5 aliphatic rings. The Morgan fingerprint density at radius 2 is 1.63 bits per heavy atom. The number of hydrogen-bond donors (Lipinski definition) is 1. The van der Waals surface area contributed by atoms with E-state index in [0.29, 0.717) is 0 Å². The maximum atomic E-state index is 5.67. The summed E-state index contributed by atoms with van der Waals surface area (Å²) in [5, 5.41) is 0. The predicted molar refractivity (Wildman–Crippen MR) is 78.8 cm³/mol. The Hall–Kier alpha value is -0.0800. The number of rotatable bonds is 4. The fourth-order valence-electron chi connectivity index (χ4n) is 6.27. The monoisotopic (exact) mass is 262 g/mol. The van der Waals surface area contributed by atoms with Crippen molar-refractivity contribution in [2.45, 2.75) is 57.4 Å². The van der Waals surface area contributed by atoms with Crippen molar-refractivity contribution in [3.8, 4) is 0 Å². The molecule has 0 amide bonds. The molecule has 2 nitrogen and oxygen atoms in total. The number of nitrogens with zero attached hydrogens (tertiary/aromatic N) is 1. The van der Waals surface area contributed by atoms with Crippen molar-refractivity contribution < 1.29 is 0 Å². The summed E-state index contributed by atoms with van der Waals surface area (Å²) < 4.78 is 0. The molecular weight excluding hydrogens is 232 g/mol. The Kier molecular flexibility index (Phi) is 3.35. The van der Waals surface area contributed by atoms with Crippen LogP contribution in [0.15, 0.2) is 0 Å². The first-order valence-corrected chi connectivity index (χ1v) is 8.77. The normalized spacial score (nSPS) is 49.1. The van der Waals surface area contributed by atoms with E-state index >= 15 is 0 Å². The molecule has 0 spiro atoms. The Morgan fingerprint density at radius 1 is 0.947 bits per heavy atom. The maximum absolute atomic E-state index is 5.67. The van der Waals surface area contributed by atoms with Gasteiger partial charge in [0.1, 0.15) is 0 Å². The minimum Gasteiger partial charge on any atom is -0.330 e. The van der Waals surface area contributed by atoms with Gasteiger partial charge in [-0.1, -0.05) is 0 Å². The lowest BCUT2D eigenvalue weighted by Crippen LogP contribution is -2.55. The van der Waals surface area contributed by atoms with Crippen molar-refractivity contribution >= 4 is 0 Å². The van der Waals surface area contributed by atoms with E-state index in [4.69, 9.17) is 5.73 Å². The molecule has 1 unspecified atom stereocenters. The highest BCUT2D eigenvalue weighted by Crippen LogP contribution is 2.55. The lowest BCUT2D eigenvalue weighted by atomic mass is 9.54. The Bertz CT molecular complexity index is 299. The van der Waals surface area contributed by atoms with Crippen LogP contribution in [0.4, 0.5) is 0 Å². The van der Waals surface area contributed by atoms with Gasteiger partial charge < -0.3 is 5.73 Å². The maximum Gasteiger partial charge on any atom is 0.0152 e. The quantitative estimate of drug-likeness (QED) is 0.844. The molecule has 0 radical (unpaired) electrons. The van der Waals surface area contributed by atoms with E-state index in [1.807, 2.05) is 0 Å². The lowest BCUT2D eigenvalue weighted by Gasteiger charge is -2.56. The molecule has 1 atom stereocenters. The Balaban J connectivity index is 1.40.